The number of aromatic nitrogens is 2. The first-order valence-electron chi connectivity index (χ1n) is 7.20. The summed E-state index contributed by atoms with van der Waals surface area (Å²) in [5.41, 5.74) is 6.01. The molecule has 3 rings (SSSR count). The van der Waals surface area contributed by atoms with E-state index >= 15 is 0 Å². The van der Waals surface area contributed by atoms with Gasteiger partial charge in [0.05, 0.1) is 5.52 Å². The predicted octanol–water partition coefficient (Wildman–Crippen LogP) is 1.84. The quantitative estimate of drug-likeness (QED) is 0.505. The Morgan fingerprint density at radius 1 is 1.00 bits per heavy atom. The van der Waals surface area contributed by atoms with Gasteiger partial charge in [-0.3, -0.25) is 25.2 Å². The molecular weight excluding hydrogens is 308 g/mol. The lowest BCUT2D eigenvalue weighted by atomic mass is 10.2. The first-order chi connectivity index (χ1) is 11.5. The number of amides is 2. The second-order valence-electron chi connectivity index (χ2n) is 5.16. The smallest absolute Gasteiger partial charge is 0.288 e. The summed E-state index contributed by atoms with van der Waals surface area (Å²) in [5.74, 6) is -1.25. The highest BCUT2D eigenvalue weighted by Crippen LogP contribution is 2.11. The van der Waals surface area contributed by atoms with Gasteiger partial charge in [-0.25, -0.2) is 4.98 Å². The van der Waals surface area contributed by atoms with Crippen LogP contribution in [-0.2, 0) is 0 Å². The summed E-state index contributed by atoms with van der Waals surface area (Å²) in [7, 11) is 0. The van der Waals surface area contributed by atoms with Crippen molar-refractivity contribution in [2.75, 3.05) is 0 Å². The monoisotopic (exact) mass is 322 g/mol. The molecule has 0 saturated carbocycles. The average Bonchev–Trinajstić information content (AvgIpc) is 3.09. The van der Waals surface area contributed by atoms with Gasteiger partial charge in [0.2, 0.25) is 0 Å². The van der Waals surface area contributed by atoms with Crippen LogP contribution in [0.25, 0.3) is 10.9 Å². The number of hydrazine groups is 1. The molecule has 0 bridgehead atoms. The number of benzene rings is 1. The van der Waals surface area contributed by atoms with Crippen molar-refractivity contribution < 1.29 is 14.4 Å². The van der Waals surface area contributed by atoms with Crippen LogP contribution >= 0.6 is 0 Å². The number of carbonyl (C=O) groups is 3. The number of H-pyrrole nitrogens is 1. The van der Waals surface area contributed by atoms with Crippen LogP contribution in [0.4, 0.5) is 0 Å². The number of fused-ring (bicyclic) bond motifs is 1. The van der Waals surface area contributed by atoms with E-state index in [0.29, 0.717) is 11.1 Å². The van der Waals surface area contributed by atoms with Crippen molar-refractivity contribution in [3.05, 3.63) is 65.6 Å². The molecule has 2 aromatic heterocycles. The maximum Gasteiger partial charge on any atom is 0.288 e. The summed E-state index contributed by atoms with van der Waals surface area (Å²) in [6, 6.07) is 12.2. The number of hydrogen-bond donors (Lipinski definition) is 3. The summed E-state index contributed by atoms with van der Waals surface area (Å²) in [6.07, 6.45) is 1.43. The predicted molar refractivity (Wildman–Crippen MR) is 87.5 cm³/mol. The van der Waals surface area contributed by atoms with E-state index in [2.05, 4.69) is 20.8 Å². The zero-order chi connectivity index (χ0) is 17.1. The lowest BCUT2D eigenvalue weighted by Gasteiger charge is -2.06. The fraction of sp³-hybridized carbons (Fsp3) is 0.0588. The number of ketones is 1. The van der Waals surface area contributed by atoms with Crippen molar-refractivity contribution in [3.63, 3.8) is 0 Å². The van der Waals surface area contributed by atoms with Gasteiger partial charge in [-0.05, 0) is 25.1 Å². The Morgan fingerprint density at radius 2 is 1.75 bits per heavy atom. The molecular formula is C17H14N4O3. The molecule has 120 valence electrons. The highest BCUT2D eigenvalue weighted by Gasteiger charge is 2.13. The average molecular weight is 322 g/mol. The molecule has 1 aromatic carbocycles. The Kier molecular flexibility index (Phi) is 4.07. The van der Waals surface area contributed by atoms with Gasteiger partial charge in [0.15, 0.2) is 5.78 Å². The van der Waals surface area contributed by atoms with E-state index in [1.54, 1.807) is 18.2 Å². The SMILES string of the molecule is CC(=O)c1c[nH]c(C(=O)NNC(=O)c2ccc3ccccc3n2)c1. The molecule has 0 aliphatic rings. The van der Waals surface area contributed by atoms with Crippen molar-refractivity contribution in [1.82, 2.24) is 20.8 Å². The van der Waals surface area contributed by atoms with Gasteiger partial charge in [0, 0.05) is 17.1 Å². The zero-order valence-electron chi connectivity index (χ0n) is 12.8. The standard InChI is InChI=1S/C17H14N4O3/c1-10(22)12-8-15(18-9-12)17(24)21-20-16(23)14-7-6-11-4-2-3-5-13(11)19-14/h2-9,18H,1H3,(H,20,23)(H,21,24). The third-order valence-electron chi connectivity index (χ3n) is 3.45. The van der Waals surface area contributed by atoms with Crippen LogP contribution in [0, 0.1) is 0 Å². The van der Waals surface area contributed by atoms with Crippen LogP contribution in [0.1, 0.15) is 38.3 Å². The number of para-hydroxylation sites is 1. The number of nitrogens with zero attached hydrogens (tertiary/aromatic N) is 1. The Labute approximate surface area is 137 Å². The second kappa shape index (κ2) is 6.33. The first-order valence-corrected chi connectivity index (χ1v) is 7.20. The molecule has 0 unspecified atom stereocenters. The number of rotatable bonds is 3. The number of pyridine rings is 1. The lowest BCUT2D eigenvalue weighted by molar-refractivity contribution is 0.0842. The second-order valence-corrected chi connectivity index (χ2v) is 5.16. The molecule has 0 fully saturated rings. The zero-order valence-corrected chi connectivity index (χ0v) is 12.8. The Morgan fingerprint density at radius 3 is 2.50 bits per heavy atom. The summed E-state index contributed by atoms with van der Waals surface area (Å²) in [6.45, 7) is 1.40. The molecule has 2 amide bonds. The minimum atomic E-state index is -0.559. The maximum atomic E-state index is 12.1. The van der Waals surface area contributed by atoms with Crippen LogP contribution in [0.15, 0.2) is 48.7 Å². The highest BCUT2D eigenvalue weighted by molar-refractivity contribution is 6.01. The molecule has 2 heterocycles. The van der Waals surface area contributed by atoms with Crippen molar-refractivity contribution in [3.8, 4) is 0 Å². The fourth-order valence-electron chi connectivity index (χ4n) is 2.17. The van der Waals surface area contributed by atoms with E-state index in [1.807, 2.05) is 18.2 Å². The number of aromatic amines is 1. The molecule has 0 spiro atoms. The van der Waals surface area contributed by atoms with E-state index in [4.69, 9.17) is 0 Å². The highest BCUT2D eigenvalue weighted by atomic mass is 16.2. The van der Waals surface area contributed by atoms with Crippen molar-refractivity contribution >= 4 is 28.5 Å². The van der Waals surface area contributed by atoms with E-state index in [1.165, 1.54) is 19.2 Å². The van der Waals surface area contributed by atoms with Gasteiger partial charge >= 0.3 is 0 Å². The number of hydrogen-bond acceptors (Lipinski definition) is 4. The fourth-order valence-corrected chi connectivity index (χ4v) is 2.17. The molecule has 0 aliphatic heterocycles. The van der Waals surface area contributed by atoms with E-state index in [0.717, 1.165) is 5.39 Å². The van der Waals surface area contributed by atoms with E-state index in [-0.39, 0.29) is 17.2 Å². The third-order valence-corrected chi connectivity index (χ3v) is 3.45. The molecule has 0 saturated heterocycles. The third kappa shape index (κ3) is 3.14. The Hall–Kier alpha value is -3.48. The summed E-state index contributed by atoms with van der Waals surface area (Å²) < 4.78 is 0. The summed E-state index contributed by atoms with van der Waals surface area (Å²) >= 11 is 0. The largest absolute Gasteiger partial charge is 0.356 e. The van der Waals surface area contributed by atoms with Gasteiger partial charge in [0.1, 0.15) is 11.4 Å². The van der Waals surface area contributed by atoms with Gasteiger partial charge in [-0.1, -0.05) is 24.3 Å². The summed E-state index contributed by atoms with van der Waals surface area (Å²) in [4.78, 5) is 42.1. The van der Waals surface area contributed by atoms with Gasteiger partial charge in [-0.15, -0.1) is 0 Å². The maximum absolute atomic E-state index is 12.1. The number of nitrogens with one attached hydrogen (secondary N) is 3. The minimum absolute atomic E-state index is 0.158. The van der Waals surface area contributed by atoms with Crippen molar-refractivity contribution in [2.45, 2.75) is 6.92 Å². The van der Waals surface area contributed by atoms with Crippen molar-refractivity contribution in [1.29, 1.82) is 0 Å². The van der Waals surface area contributed by atoms with Crippen LogP contribution in [0.5, 0.6) is 0 Å². The van der Waals surface area contributed by atoms with Gasteiger partial charge in [-0.2, -0.15) is 0 Å². The van der Waals surface area contributed by atoms with Gasteiger partial charge < -0.3 is 4.98 Å². The van der Waals surface area contributed by atoms with Crippen LogP contribution < -0.4 is 10.9 Å². The molecule has 3 N–H and O–H groups in total. The topological polar surface area (TPSA) is 104 Å². The van der Waals surface area contributed by atoms with Crippen molar-refractivity contribution in [2.24, 2.45) is 0 Å². The first kappa shape index (κ1) is 15.4. The van der Waals surface area contributed by atoms with Crippen LogP contribution in [-0.4, -0.2) is 27.6 Å². The molecule has 0 aliphatic carbocycles. The van der Waals surface area contributed by atoms with E-state index in [9.17, 15) is 14.4 Å². The Bertz CT molecular complexity index is 946. The van der Waals surface area contributed by atoms with E-state index < -0.39 is 11.8 Å². The molecule has 7 nitrogen and oxygen atoms in total. The lowest BCUT2D eigenvalue weighted by Crippen LogP contribution is -2.42. The normalized spacial score (nSPS) is 10.4. The van der Waals surface area contributed by atoms with Gasteiger partial charge in [0.25, 0.3) is 11.8 Å². The molecule has 7 heteroatoms. The molecule has 3 aromatic rings. The Balaban J connectivity index is 1.67. The molecule has 0 radical (unpaired) electrons. The number of carbonyl (C=O) groups excluding carboxylic acids is 3. The molecule has 0 atom stereocenters. The minimum Gasteiger partial charge on any atom is -0.356 e. The molecule has 24 heavy (non-hydrogen) atoms. The van der Waals surface area contributed by atoms with Crippen LogP contribution in [0.2, 0.25) is 0 Å². The summed E-state index contributed by atoms with van der Waals surface area (Å²) in [5, 5.41) is 0.918. The van der Waals surface area contributed by atoms with Crippen LogP contribution in [0.3, 0.4) is 0 Å². The number of Topliss-reactive ketones (excluding diaryl/α,β-unsaturated/α-hetero) is 1.